The second kappa shape index (κ2) is 9.52. The van der Waals surface area contributed by atoms with Gasteiger partial charge in [-0.1, -0.05) is 23.7 Å². The van der Waals surface area contributed by atoms with Crippen LogP contribution in [-0.4, -0.2) is 41.0 Å². The summed E-state index contributed by atoms with van der Waals surface area (Å²) >= 11 is 6.70. The molecule has 3 heterocycles. The monoisotopic (exact) mass is 488 g/mol. The Balaban J connectivity index is 1.60. The van der Waals surface area contributed by atoms with Crippen LogP contribution in [0.15, 0.2) is 30.3 Å². The van der Waals surface area contributed by atoms with Gasteiger partial charge in [0.2, 0.25) is 5.91 Å². The van der Waals surface area contributed by atoms with Crippen molar-refractivity contribution in [2.24, 2.45) is 0 Å². The highest BCUT2D eigenvalue weighted by Gasteiger charge is 2.43. The first-order chi connectivity index (χ1) is 16.2. The van der Waals surface area contributed by atoms with Gasteiger partial charge in [0, 0.05) is 19.3 Å². The fourth-order valence-electron chi connectivity index (χ4n) is 4.35. The van der Waals surface area contributed by atoms with Gasteiger partial charge in [0.15, 0.2) is 11.7 Å². The van der Waals surface area contributed by atoms with Crippen molar-refractivity contribution in [3.05, 3.63) is 52.3 Å². The Kier molecular flexibility index (Phi) is 6.68. The number of aromatic nitrogens is 1. The van der Waals surface area contributed by atoms with Crippen molar-refractivity contribution < 1.29 is 18.3 Å². The fraction of sp³-hybridized carbons (Fsp3) is 0.391. The molecule has 4 rings (SSSR count). The van der Waals surface area contributed by atoms with Crippen LogP contribution in [0.3, 0.4) is 0 Å². The number of benzene rings is 1. The van der Waals surface area contributed by atoms with Crippen molar-refractivity contribution in [3.63, 3.8) is 0 Å². The Bertz CT molecular complexity index is 1140. The molecular formula is C23H23ClF2N6O2. The van der Waals surface area contributed by atoms with E-state index in [1.807, 2.05) is 6.07 Å². The smallest absolute Gasteiger partial charge is 0.280 e. The molecule has 11 heteroatoms. The van der Waals surface area contributed by atoms with E-state index in [2.05, 4.69) is 15.6 Å². The average molecular weight is 489 g/mol. The summed E-state index contributed by atoms with van der Waals surface area (Å²) < 4.78 is 31.3. The lowest BCUT2D eigenvalue weighted by Crippen LogP contribution is -2.62. The molecule has 0 bridgehead atoms. The summed E-state index contributed by atoms with van der Waals surface area (Å²) in [4.78, 5) is 18.3. The van der Waals surface area contributed by atoms with Gasteiger partial charge in [0.25, 0.3) is 6.43 Å². The summed E-state index contributed by atoms with van der Waals surface area (Å²) in [5, 5.41) is 24.3. The number of anilines is 2. The molecule has 0 saturated carbocycles. The number of nitrogens with one attached hydrogen (secondary N) is 3. The Morgan fingerprint density at radius 2 is 2.06 bits per heavy atom. The summed E-state index contributed by atoms with van der Waals surface area (Å²) in [6, 6.07) is 9.37. The zero-order valence-corrected chi connectivity index (χ0v) is 19.1. The minimum Gasteiger partial charge on any atom is -0.381 e. The molecule has 0 radical (unpaired) electrons. The van der Waals surface area contributed by atoms with Crippen LogP contribution in [0.25, 0.3) is 0 Å². The largest absolute Gasteiger partial charge is 0.381 e. The summed E-state index contributed by atoms with van der Waals surface area (Å²) in [7, 11) is 0. The van der Waals surface area contributed by atoms with Crippen LogP contribution in [0, 0.1) is 16.7 Å². The third-order valence-electron chi connectivity index (χ3n) is 6.07. The molecule has 8 nitrogen and oxygen atoms in total. The Morgan fingerprint density at radius 1 is 1.32 bits per heavy atom. The van der Waals surface area contributed by atoms with Crippen molar-refractivity contribution in [3.8, 4) is 6.07 Å². The van der Waals surface area contributed by atoms with Crippen molar-refractivity contribution in [2.75, 3.05) is 18.5 Å². The SMILES string of the molecule is C[C@@]1(c2cccc(Nc3ccc(C(F)F)nc3C#N)c2Cl)CC(=O)N(C2CCOCC2)C(=N)N1. The highest BCUT2D eigenvalue weighted by atomic mass is 35.5. The van der Waals surface area contributed by atoms with Crippen LogP contribution < -0.4 is 10.6 Å². The number of halogens is 3. The number of alkyl halides is 2. The number of guanidine groups is 1. The van der Waals surface area contributed by atoms with Gasteiger partial charge >= 0.3 is 0 Å². The quantitative estimate of drug-likeness (QED) is 0.573. The molecule has 178 valence electrons. The van der Waals surface area contributed by atoms with Gasteiger partial charge in [-0.15, -0.1) is 0 Å². The molecule has 0 unspecified atom stereocenters. The first kappa shape index (κ1) is 23.9. The molecule has 1 atom stereocenters. The highest BCUT2D eigenvalue weighted by Crippen LogP contribution is 2.39. The second-order valence-corrected chi connectivity index (χ2v) is 8.80. The first-order valence-electron chi connectivity index (χ1n) is 10.8. The number of rotatable bonds is 5. The summed E-state index contributed by atoms with van der Waals surface area (Å²) in [5.41, 5.74) is -0.407. The Hall–Kier alpha value is -3.29. The topological polar surface area (TPSA) is 114 Å². The number of ether oxygens (including phenoxy) is 1. The molecule has 34 heavy (non-hydrogen) atoms. The van der Waals surface area contributed by atoms with Crippen LogP contribution in [0.5, 0.6) is 0 Å². The molecule has 1 aromatic carbocycles. The molecule has 0 aliphatic carbocycles. The number of amides is 1. The molecule has 1 aromatic heterocycles. The number of pyridine rings is 1. The zero-order chi connectivity index (χ0) is 24.5. The molecule has 0 spiro atoms. The van der Waals surface area contributed by atoms with Gasteiger partial charge in [-0.3, -0.25) is 15.1 Å². The number of hydrogen-bond acceptors (Lipinski definition) is 6. The standard InChI is InChI=1S/C23H23ClF2N6O2/c1-23(11-19(33)32(22(28)31-23)13-7-9-34-10-8-13)14-3-2-4-16(20(14)24)29-15-5-6-17(21(25)26)30-18(15)12-27/h2-6,13,21,29H,7-11H2,1H3,(H2,28,31)/t23-/m0/s1. The van der Waals surface area contributed by atoms with Crippen molar-refractivity contribution >= 4 is 34.8 Å². The Morgan fingerprint density at radius 3 is 2.71 bits per heavy atom. The molecule has 1 amide bonds. The molecular weight excluding hydrogens is 466 g/mol. The third kappa shape index (κ3) is 4.54. The fourth-order valence-corrected chi connectivity index (χ4v) is 4.73. The van der Waals surface area contributed by atoms with Crippen LogP contribution in [-0.2, 0) is 15.1 Å². The summed E-state index contributed by atoms with van der Waals surface area (Å²) in [6.07, 6.45) is -1.36. The molecule has 2 aliphatic rings. The normalized spacial score (nSPS) is 21.4. The van der Waals surface area contributed by atoms with E-state index < -0.39 is 17.7 Å². The lowest BCUT2D eigenvalue weighted by Gasteiger charge is -2.45. The number of carbonyl (C=O) groups excluding carboxylic acids is 1. The Labute approximate surface area is 200 Å². The van der Waals surface area contributed by atoms with E-state index in [1.54, 1.807) is 25.1 Å². The number of carbonyl (C=O) groups is 1. The number of nitriles is 1. The number of hydrogen-bond donors (Lipinski definition) is 3. The lowest BCUT2D eigenvalue weighted by molar-refractivity contribution is -0.133. The maximum absolute atomic E-state index is 13.1. The van der Waals surface area contributed by atoms with E-state index in [-0.39, 0.29) is 40.7 Å². The van der Waals surface area contributed by atoms with Gasteiger partial charge in [-0.2, -0.15) is 5.26 Å². The van der Waals surface area contributed by atoms with Crippen molar-refractivity contribution in [2.45, 2.75) is 44.2 Å². The van der Waals surface area contributed by atoms with Crippen LogP contribution in [0.4, 0.5) is 20.2 Å². The van der Waals surface area contributed by atoms with Gasteiger partial charge in [0.05, 0.1) is 28.4 Å². The van der Waals surface area contributed by atoms with E-state index in [4.69, 9.17) is 21.7 Å². The van der Waals surface area contributed by atoms with E-state index in [0.29, 0.717) is 37.3 Å². The summed E-state index contributed by atoms with van der Waals surface area (Å²) in [5.74, 6) is -0.162. The van der Waals surface area contributed by atoms with Gasteiger partial charge in [-0.05, 0) is 43.5 Å². The minimum absolute atomic E-state index is 0.0126. The molecule has 2 saturated heterocycles. The molecule has 2 aromatic rings. The zero-order valence-electron chi connectivity index (χ0n) is 18.4. The predicted molar refractivity (Wildman–Crippen MR) is 122 cm³/mol. The van der Waals surface area contributed by atoms with Crippen molar-refractivity contribution in [1.82, 2.24) is 15.2 Å². The minimum atomic E-state index is -2.79. The van der Waals surface area contributed by atoms with E-state index in [9.17, 15) is 18.8 Å². The maximum Gasteiger partial charge on any atom is 0.280 e. The van der Waals surface area contributed by atoms with Crippen molar-refractivity contribution in [1.29, 1.82) is 10.7 Å². The van der Waals surface area contributed by atoms with Crippen LogP contribution in [0.1, 0.15) is 49.6 Å². The van der Waals surface area contributed by atoms with Gasteiger partial charge in [0.1, 0.15) is 11.8 Å². The molecule has 2 fully saturated rings. The van der Waals surface area contributed by atoms with Crippen LogP contribution >= 0.6 is 11.6 Å². The van der Waals surface area contributed by atoms with E-state index in [0.717, 1.165) is 6.07 Å². The van der Waals surface area contributed by atoms with Crippen LogP contribution in [0.2, 0.25) is 5.02 Å². The predicted octanol–water partition coefficient (Wildman–Crippen LogP) is 4.44. The van der Waals surface area contributed by atoms with Gasteiger partial charge < -0.3 is 15.4 Å². The average Bonchev–Trinajstić information content (AvgIpc) is 2.80. The van der Waals surface area contributed by atoms with E-state index >= 15 is 0 Å². The maximum atomic E-state index is 13.1. The van der Waals surface area contributed by atoms with E-state index in [1.165, 1.54) is 11.0 Å². The first-order valence-corrected chi connectivity index (χ1v) is 11.1. The number of nitrogens with zero attached hydrogens (tertiary/aromatic N) is 3. The third-order valence-corrected chi connectivity index (χ3v) is 6.48. The second-order valence-electron chi connectivity index (χ2n) is 8.43. The summed E-state index contributed by atoms with van der Waals surface area (Å²) in [6.45, 7) is 2.90. The molecule has 2 aliphatic heterocycles. The molecule has 3 N–H and O–H groups in total. The highest BCUT2D eigenvalue weighted by molar-refractivity contribution is 6.34. The lowest BCUT2D eigenvalue weighted by atomic mass is 9.85. The van der Waals surface area contributed by atoms with Gasteiger partial charge in [-0.25, -0.2) is 13.8 Å².